The molecule has 10 heteroatoms. The highest BCUT2D eigenvalue weighted by molar-refractivity contribution is 7.14. The number of anilines is 1. The molecule has 1 aromatic heterocycles. The van der Waals surface area contributed by atoms with Gasteiger partial charge >= 0.3 is 12.0 Å². The lowest BCUT2D eigenvalue weighted by molar-refractivity contribution is -0.147. The largest absolute Gasteiger partial charge is 0.481 e. The van der Waals surface area contributed by atoms with Gasteiger partial charge in [-0.1, -0.05) is 0 Å². The number of primary amides is 1. The van der Waals surface area contributed by atoms with E-state index >= 15 is 0 Å². The molecule has 2 aliphatic heterocycles. The predicted molar refractivity (Wildman–Crippen MR) is 82.5 cm³/mol. The summed E-state index contributed by atoms with van der Waals surface area (Å²) >= 11 is 1.09. The number of hydrogen-bond acceptors (Lipinski definition) is 6. The van der Waals surface area contributed by atoms with E-state index in [2.05, 4.69) is 5.32 Å². The second-order valence-corrected chi connectivity index (χ2v) is 6.57. The number of amides is 4. The van der Waals surface area contributed by atoms with Crippen LogP contribution in [0.3, 0.4) is 0 Å². The SMILES string of the molecule is NC(=O)NC(=O)c1ccsc1NC(=O)[C@@H]1[C@@H](C(=O)O)[C@@H]2CC[C@@H]1O2. The summed E-state index contributed by atoms with van der Waals surface area (Å²) in [5.74, 6) is -4.02. The Bertz CT molecular complexity index is 717. The van der Waals surface area contributed by atoms with Gasteiger partial charge < -0.3 is 20.9 Å². The van der Waals surface area contributed by atoms with E-state index in [4.69, 9.17) is 10.5 Å². The van der Waals surface area contributed by atoms with E-state index in [0.717, 1.165) is 11.3 Å². The Kier molecular flexibility index (Phi) is 4.24. The number of rotatable bonds is 4. The van der Waals surface area contributed by atoms with E-state index in [9.17, 15) is 24.3 Å². The molecule has 0 radical (unpaired) electrons. The molecular formula is C14H15N3O6S. The number of ether oxygens (including phenoxy) is 1. The van der Waals surface area contributed by atoms with Crippen molar-refractivity contribution >= 4 is 40.2 Å². The van der Waals surface area contributed by atoms with Crippen LogP contribution < -0.4 is 16.4 Å². The highest BCUT2D eigenvalue weighted by Crippen LogP contribution is 2.44. The fraction of sp³-hybridized carbons (Fsp3) is 0.429. The van der Waals surface area contributed by atoms with Crippen molar-refractivity contribution in [3.8, 4) is 0 Å². The lowest BCUT2D eigenvalue weighted by Gasteiger charge is -2.23. The van der Waals surface area contributed by atoms with Crippen LogP contribution in [0.2, 0.25) is 0 Å². The summed E-state index contributed by atoms with van der Waals surface area (Å²) in [5, 5.41) is 15.6. The Labute approximate surface area is 140 Å². The minimum Gasteiger partial charge on any atom is -0.481 e. The summed E-state index contributed by atoms with van der Waals surface area (Å²) in [6, 6.07) is 0.431. The minimum absolute atomic E-state index is 0.0862. The number of carbonyl (C=O) groups excluding carboxylic acids is 3. The van der Waals surface area contributed by atoms with E-state index < -0.39 is 47.9 Å². The van der Waals surface area contributed by atoms with Crippen LogP contribution in [-0.4, -0.2) is 41.1 Å². The van der Waals surface area contributed by atoms with Gasteiger partial charge in [-0.15, -0.1) is 11.3 Å². The number of nitrogens with one attached hydrogen (secondary N) is 2. The average molecular weight is 353 g/mol. The second-order valence-electron chi connectivity index (χ2n) is 5.65. The molecule has 0 aromatic carbocycles. The Hall–Kier alpha value is -2.46. The molecule has 2 saturated heterocycles. The van der Waals surface area contributed by atoms with Crippen molar-refractivity contribution < 1.29 is 29.0 Å². The molecule has 5 N–H and O–H groups in total. The normalized spacial score (nSPS) is 27.7. The zero-order chi connectivity index (χ0) is 17.4. The van der Waals surface area contributed by atoms with E-state index in [0.29, 0.717) is 12.8 Å². The second kappa shape index (κ2) is 6.21. The van der Waals surface area contributed by atoms with Gasteiger partial charge in [0.25, 0.3) is 5.91 Å². The molecule has 0 saturated carbocycles. The summed E-state index contributed by atoms with van der Waals surface area (Å²) in [7, 11) is 0. The highest BCUT2D eigenvalue weighted by Gasteiger charge is 2.55. The van der Waals surface area contributed by atoms with Gasteiger partial charge in [-0.2, -0.15) is 0 Å². The van der Waals surface area contributed by atoms with Crippen LogP contribution in [0.25, 0.3) is 0 Å². The maximum Gasteiger partial charge on any atom is 0.319 e. The van der Waals surface area contributed by atoms with Gasteiger partial charge in [0.05, 0.1) is 29.6 Å². The third-order valence-electron chi connectivity index (χ3n) is 4.24. The number of nitrogens with two attached hydrogens (primary N) is 1. The van der Waals surface area contributed by atoms with Crippen molar-refractivity contribution in [1.29, 1.82) is 0 Å². The fourth-order valence-electron chi connectivity index (χ4n) is 3.28. The lowest BCUT2D eigenvalue weighted by atomic mass is 9.79. The van der Waals surface area contributed by atoms with Crippen molar-refractivity contribution in [3.05, 3.63) is 17.0 Å². The summed E-state index contributed by atoms with van der Waals surface area (Å²) in [6.45, 7) is 0. The number of carboxylic acid groups (broad SMARTS) is 1. The number of urea groups is 1. The molecule has 128 valence electrons. The van der Waals surface area contributed by atoms with Crippen LogP contribution >= 0.6 is 11.3 Å². The van der Waals surface area contributed by atoms with Crippen LogP contribution in [0, 0.1) is 11.8 Å². The zero-order valence-corrected chi connectivity index (χ0v) is 13.2. The van der Waals surface area contributed by atoms with Crippen LogP contribution in [0.5, 0.6) is 0 Å². The fourth-order valence-corrected chi connectivity index (χ4v) is 4.07. The highest BCUT2D eigenvalue weighted by atomic mass is 32.1. The van der Waals surface area contributed by atoms with Gasteiger partial charge in [-0.25, -0.2) is 4.79 Å². The van der Waals surface area contributed by atoms with Crippen molar-refractivity contribution in [2.45, 2.75) is 25.0 Å². The van der Waals surface area contributed by atoms with Crippen molar-refractivity contribution in [2.75, 3.05) is 5.32 Å². The van der Waals surface area contributed by atoms with Crippen LogP contribution in [0.1, 0.15) is 23.2 Å². The minimum atomic E-state index is -1.07. The van der Waals surface area contributed by atoms with Gasteiger partial charge in [0.15, 0.2) is 0 Å². The Morgan fingerprint density at radius 3 is 2.50 bits per heavy atom. The number of carbonyl (C=O) groups is 4. The molecule has 4 amide bonds. The van der Waals surface area contributed by atoms with E-state index in [1.165, 1.54) is 6.07 Å². The lowest BCUT2D eigenvalue weighted by Crippen LogP contribution is -2.41. The third kappa shape index (κ3) is 2.85. The van der Waals surface area contributed by atoms with Crippen molar-refractivity contribution in [1.82, 2.24) is 5.32 Å². The summed E-state index contributed by atoms with van der Waals surface area (Å²) < 4.78 is 5.55. The molecule has 0 spiro atoms. The van der Waals surface area contributed by atoms with Gasteiger partial charge in [-0.3, -0.25) is 19.7 Å². The number of hydrogen-bond donors (Lipinski definition) is 4. The molecule has 1 aromatic rings. The number of carboxylic acids is 1. The van der Waals surface area contributed by atoms with E-state index in [1.54, 1.807) is 5.38 Å². The first kappa shape index (κ1) is 16.4. The number of fused-ring (bicyclic) bond motifs is 2. The Morgan fingerprint density at radius 2 is 1.88 bits per heavy atom. The summed E-state index contributed by atoms with van der Waals surface area (Å²) in [4.78, 5) is 46.6. The first-order chi connectivity index (χ1) is 11.4. The van der Waals surface area contributed by atoms with Gasteiger partial charge in [0.1, 0.15) is 5.00 Å². The van der Waals surface area contributed by atoms with Crippen LogP contribution in [0.4, 0.5) is 9.80 Å². The molecule has 2 aliphatic rings. The molecule has 2 bridgehead atoms. The van der Waals surface area contributed by atoms with Crippen LogP contribution in [-0.2, 0) is 14.3 Å². The third-order valence-corrected chi connectivity index (χ3v) is 5.07. The Morgan fingerprint density at radius 1 is 1.21 bits per heavy atom. The summed E-state index contributed by atoms with van der Waals surface area (Å²) in [6.07, 6.45) is 0.367. The maximum absolute atomic E-state index is 12.5. The quantitative estimate of drug-likeness (QED) is 0.615. The molecule has 2 fully saturated rings. The topological polar surface area (TPSA) is 148 Å². The molecule has 24 heavy (non-hydrogen) atoms. The van der Waals surface area contributed by atoms with Gasteiger partial charge in [-0.05, 0) is 24.3 Å². The van der Waals surface area contributed by atoms with Gasteiger partial charge in [0.2, 0.25) is 5.91 Å². The number of imide groups is 1. The molecule has 3 rings (SSSR count). The molecule has 0 unspecified atom stereocenters. The van der Waals surface area contributed by atoms with Crippen LogP contribution in [0.15, 0.2) is 11.4 Å². The smallest absolute Gasteiger partial charge is 0.319 e. The number of aliphatic carboxylic acids is 1. The average Bonchev–Trinajstić information content (AvgIpc) is 3.20. The molecule has 4 atom stereocenters. The molecule has 9 nitrogen and oxygen atoms in total. The zero-order valence-electron chi connectivity index (χ0n) is 12.4. The first-order valence-electron chi connectivity index (χ1n) is 7.26. The predicted octanol–water partition coefficient (Wildman–Crippen LogP) is 0.373. The standard InChI is InChI=1S/C14H15N3O6S/c15-14(22)17-10(18)5-3-4-24-12(5)16-11(19)8-6-1-2-7(23-6)9(8)13(20)21/h3-4,6-9H,1-2H2,(H,16,19)(H,20,21)(H3,15,17,18,22)/t6-,7-,8-,9-/m0/s1. The van der Waals surface area contributed by atoms with Crippen molar-refractivity contribution in [3.63, 3.8) is 0 Å². The molecular weight excluding hydrogens is 338 g/mol. The van der Waals surface area contributed by atoms with E-state index in [-0.39, 0.29) is 10.6 Å². The monoisotopic (exact) mass is 353 g/mol. The van der Waals surface area contributed by atoms with E-state index in [1.807, 2.05) is 5.32 Å². The molecule has 0 aliphatic carbocycles. The first-order valence-corrected chi connectivity index (χ1v) is 8.14. The molecule has 3 heterocycles. The van der Waals surface area contributed by atoms with Crippen molar-refractivity contribution in [2.24, 2.45) is 17.6 Å². The summed E-state index contributed by atoms with van der Waals surface area (Å²) in [5.41, 5.74) is 4.99. The Balaban J connectivity index is 1.76. The van der Waals surface area contributed by atoms with Gasteiger partial charge in [0, 0.05) is 0 Å². The maximum atomic E-state index is 12.5. The number of thiophene rings is 1.